The third-order valence-electron chi connectivity index (χ3n) is 4.37. The van der Waals surface area contributed by atoms with Gasteiger partial charge < -0.3 is 14.8 Å². The molecule has 0 bridgehead atoms. The van der Waals surface area contributed by atoms with Gasteiger partial charge >= 0.3 is 0 Å². The van der Waals surface area contributed by atoms with Gasteiger partial charge in [0.25, 0.3) is 0 Å². The van der Waals surface area contributed by atoms with Gasteiger partial charge in [-0.15, -0.1) is 0 Å². The predicted octanol–water partition coefficient (Wildman–Crippen LogP) is 3.77. The van der Waals surface area contributed by atoms with Crippen molar-refractivity contribution in [3.05, 3.63) is 0 Å². The van der Waals surface area contributed by atoms with Crippen LogP contribution in [-0.2, 0) is 9.47 Å². The molecule has 1 N–H and O–H groups in total. The fraction of sp³-hybridized carbons (Fsp3) is 1.00. The van der Waals surface area contributed by atoms with Crippen molar-refractivity contribution in [1.29, 1.82) is 0 Å². The standard InChI is InChI=1S/C17H35NO2/c1-6-16-7-9-17(10-8-16,13-18-14(2)3)20-12-11-19-15(4)5/h14-16,18H,6-13H2,1-5H3. The van der Waals surface area contributed by atoms with E-state index in [1.165, 1.54) is 32.1 Å². The average Bonchev–Trinajstić information content (AvgIpc) is 2.42. The molecule has 0 aromatic carbocycles. The van der Waals surface area contributed by atoms with Gasteiger partial charge in [-0.3, -0.25) is 0 Å². The highest BCUT2D eigenvalue weighted by molar-refractivity contribution is 4.89. The van der Waals surface area contributed by atoms with Crippen molar-refractivity contribution in [2.45, 2.75) is 84.5 Å². The lowest BCUT2D eigenvalue weighted by Crippen LogP contribution is -2.48. The van der Waals surface area contributed by atoms with Gasteiger partial charge in [-0.2, -0.15) is 0 Å². The monoisotopic (exact) mass is 285 g/mol. The molecule has 20 heavy (non-hydrogen) atoms. The summed E-state index contributed by atoms with van der Waals surface area (Å²) in [5.41, 5.74) is 0.0380. The largest absolute Gasteiger partial charge is 0.376 e. The van der Waals surface area contributed by atoms with Crippen molar-refractivity contribution in [3.8, 4) is 0 Å². The maximum absolute atomic E-state index is 6.28. The Morgan fingerprint density at radius 2 is 1.75 bits per heavy atom. The van der Waals surface area contributed by atoms with Crippen molar-refractivity contribution in [2.24, 2.45) is 5.92 Å². The van der Waals surface area contributed by atoms with Crippen LogP contribution in [0.15, 0.2) is 0 Å². The first-order valence-electron chi connectivity index (χ1n) is 8.46. The van der Waals surface area contributed by atoms with E-state index in [4.69, 9.17) is 9.47 Å². The zero-order valence-electron chi connectivity index (χ0n) is 14.2. The van der Waals surface area contributed by atoms with Crippen LogP contribution < -0.4 is 5.32 Å². The minimum Gasteiger partial charge on any atom is -0.376 e. The van der Waals surface area contributed by atoms with E-state index in [9.17, 15) is 0 Å². The minimum absolute atomic E-state index is 0.0380. The molecule has 120 valence electrons. The Balaban J connectivity index is 2.43. The van der Waals surface area contributed by atoms with E-state index < -0.39 is 0 Å². The highest BCUT2D eigenvalue weighted by atomic mass is 16.5. The highest BCUT2D eigenvalue weighted by Gasteiger charge is 2.35. The molecule has 1 saturated carbocycles. The molecular formula is C17H35NO2. The first-order valence-corrected chi connectivity index (χ1v) is 8.46. The Bertz CT molecular complexity index is 245. The molecule has 1 fully saturated rings. The highest BCUT2D eigenvalue weighted by Crippen LogP contribution is 2.36. The molecule has 1 rings (SSSR count). The van der Waals surface area contributed by atoms with Gasteiger partial charge in [0.2, 0.25) is 0 Å². The lowest BCUT2D eigenvalue weighted by atomic mass is 9.77. The lowest BCUT2D eigenvalue weighted by Gasteiger charge is -2.40. The van der Waals surface area contributed by atoms with E-state index in [0.29, 0.717) is 18.8 Å². The Morgan fingerprint density at radius 1 is 1.10 bits per heavy atom. The van der Waals surface area contributed by atoms with Crippen molar-refractivity contribution in [2.75, 3.05) is 19.8 Å². The van der Waals surface area contributed by atoms with Crippen molar-refractivity contribution in [3.63, 3.8) is 0 Å². The van der Waals surface area contributed by atoms with Gasteiger partial charge in [-0.25, -0.2) is 0 Å². The van der Waals surface area contributed by atoms with Crippen LogP contribution in [0.2, 0.25) is 0 Å². The van der Waals surface area contributed by atoms with E-state index in [0.717, 1.165) is 19.1 Å². The summed E-state index contributed by atoms with van der Waals surface area (Å²) in [5, 5.41) is 3.57. The quantitative estimate of drug-likeness (QED) is 0.654. The average molecular weight is 285 g/mol. The SMILES string of the molecule is CCC1CCC(CNC(C)C)(OCCOC(C)C)CC1. The summed E-state index contributed by atoms with van der Waals surface area (Å²) in [7, 11) is 0. The second-order valence-corrected chi connectivity index (χ2v) is 6.84. The van der Waals surface area contributed by atoms with Crippen LogP contribution in [0.4, 0.5) is 0 Å². The number of ether oxygens (including phenoxy) is 2. The second kappa shape index (κ2) is 9.01. The number of nitrogens with one attached hydrogen (secondary N) is 1. The third kappa shape index (κ3) is 6.55. The molecule has 0 unspecified atom stereocenters. The minimum atomic E-state index is 0.0380. The normalized spacial score (nSPS) is 27.4. The summed E-state index contributed by atoms with van der Waals surface area (Å²) in [6.45, 7) is 13.3. The van der Waals surface area contributed by atoms with Crippen LogP contribution in [-0.4, -0.2) is 37.5 Å². The smallest absolute Gasteiger partial charge is 0.0807 e. The summed E-state index contributed by atoms with van der Waals surface area (Å²) in [4.78, 5) is 0. The molecule has 1 aliphatic carbocycles. The van der Waals surface area contributed by atoms with Crippen LogP contribution in [0, 0.1) is 5.92 Å². The lowest BCUT2D eigenvalue weighted by molar-refractivity contribution is -0.0982. The Kier molecular flexibility index (Phi) is 8.08. The zero-order chi connectivity index (χ0) is 15.0. The molecule has 3 nitrogen and oxygen atoms in total. The number of rotatable bonds is 9. The Hall–Kier alpha value is -0.120. The molecule has 0 atom stereocenters. The maximum Gasteiger partial charge on any atom is 0.0807 e. The van der Waals surface area contributed by atoms with Crippen LogP contribution in [0.3, 0.4) is 0 Å². The van der Waals surface area contributed by atoms with Crippen LogP contribution >= 0.6 is 0 Å². The Morgan fingerprint density at radius 3 is 2.25 bits per heavy atom. The van der Waals surface area contributed by atoms with Gasteiger partial charge in [-0.1, -0.05) is 27.2 Å². The predicted molar refractivity (Wildman–Crippen MR) is 85.2 cm³/mol. The van der Waals surface area contributed by atoms with E-state index in [2.05, 4.69) is 39.9 Å². The number of hydrogen-bond donors (Lipinski definition) is 1. The molecule has 0 aliphatic heterocycles. The second-order valence-electron chi connectivity index (χ2n) is 6.84. The van der Waals surface area contributed by atoms with E-state index in [1.54, 1.807) is 0 Å². The Labute approximate surface area is 125 Å². The van der Waals surface area contributed by atoms with Gasteiger partial charge in [0.05, 0.1) is 24.9 Å². The van der Waals surface area contributed by atoms with Crippen molar-refractivity contribution >= 4 is 0 Å². The van der Waals surface area contributed by atoms with Gasteiger partial charge in [0.1, 0.15) is 0 Å². The van der Waals surface area contributed by atoms with E-state index >= 15 is 0 Å². The zero-order valence-corrected chi connectivity index (χ0v) is 14.2. The first-order chi connectivity index (χ1) is 9.47. The van der Waals surface area contributed by atoms with Crippen LogP contribution in [0.1, 0.15) is 66.7 Å². The summed E-state index contributed by atoms with van der Waals surface area (Å²) in [6.07, 6.45) is 6.59. The molecule has 1 aliphatic rings. The molecular weight excluding hydrogens is 250 g/mol. The molecule has 0 heterocycles. The molecule has 0 saturated heterocycles. The summed E-state index contributed by atoms with van der Waals surface area (Å²) < 4.78 is 11.9. The molecule has 0 radical (unpaired) electrons. The van der Waals surface area contributed by atoms with E-state index in [1.807, 2.05) is 0 Å². The van der Waals surface area contributed by atoms with Crippen LogP contribution in [0.25, 0.3) is 0 Å². The summed E-state index contributed by atoms with van der Waals surface area (Å²) in [5.74, 6) is 0.901. The fourth-order valence-electron chi connectivity index (χ4n) is 2.92. The first kappa shape index (κ1) is 17.9. The summed E-state index contributed by atoms with van der Waals surface area (Å²) >= 11 is 0. The molecule has 0 aromatic rings. The van der Waals surface area contributed by atoms with Gasteiger partial charge in [0.15, 0.2) is 0 Å². The molecule has 3 heteroatoms. The molecule has 0 spiro atoms. The third-order valence-corrected chi connectivity index (χ3v) is 4.37. The van der Waals surface area contributed by atoms with Gasteiger partial charge in [0, 0.05) is 12.6 Å². The molecule has 0 aromatic heterocycles. The molecule has 0 amide bonds. The summed E-state index contributed by atoms with van der Waals surface area (Å²) in [6, 6.07) is 0.520. The maximum atomic E-state index is 6.28. The van der Waals surface area contributed by atoms with Crippen LogP contribution in [0.5, 0.6) is 0 Å². The van der Waals surface area contributed by atoms with Gasteiger partial charge in [-0.05, 0) is 45.4 Å². The topological polar surface area (TPSA) is 30.5 Å². The fourth-order valence-corrected chi connectivity index (χ4v) is 2.92. The van der Waals surface area contributed by atoms with Crippen molar-refractivity contribution in [1.82, 2.24) is 5.32 Å². The van der Waals surface area contributed by atoms with Crippen molar-refractivity contribution < 1.29 is 9.47 Å². The van der Waals surface area contributed by atoms with E-state index in [-0.39, 0.29) is 5.60 Å². The number of hydrogen-bond acceptors (Lipinski definition) is 3.